The molecule has 0 fully saturated rings. The molecule has 6 heteroatoms. The fraction of sp³-hybridized carbons (Fsp3) is 0.250. The third-order valence-corrected chi connectivity index (χ3v) is 0.740. The first-order chi connectivity index (χ1) is 4.54. The number of hydrogen-bond donors (Lipinski definition) is 1. The van der Waals surface area contributed by atoms with Gasteiger partial charge in [0.05, 0.1) is 0 Å². The van der Waals surface area contributed by atoms with Gasteiger partial charge in [-0.25, -0.2) is 0 Å². The highest BCUT2D eigenvalue weighted by Crippen LogP contribution is 2.03. The second-order valence-corrected chi connectivity index (χ2v) is 2.25. The van der Waals surface area contributed by atoms with Gasteiger partial charge in [0.2, 0.25) is 0 Å². The van der Waals surface area contributed by atoms with Crippen molar-refractivity contribution in [3.05, 3.63) is 10.7 Å². The van der Waals surface area contributed by atoms with Crippen molar-refractivity contribution >= 4 is 29.1 Å². The molecule has 58 valence electrons. The molecule has 0 radical (unpaired) electrons. The Labute approximate surface area is 65.8 Å². The molecule has 0 aromatic rings. The summed E-state index contributed by atoms with van der Waals surface area (Å²) in [5.74, 6) is -1.43. The predicted molar refractivity (Wildman–Crippen MR) is 33.9 cm³/mol. The molecule has 0 rings (SSSR count). The summed E-state index contributed by atoms with van der Waals surface area (Å²) in [5.41, 5.74) is 0. The predicted octanol–water partition coefficient (Wildman–Crippen LogP) is 1.64. The Kier molecular flexibility index (Phi) is 4.31. The molecular weight excluding hydrogens is 187 g/mol. The van der Waals surface area contributed by atoms with Gasteiger partial charge < -0.3 is 5.32 Å². The molecule has 1 amide bonds. The summed E-state index contributed by atoms with van der Waals surface area (Å²) in [7, 11) is 0. The van der Waals surface area contributed by atoms with Gasteiger partial charge >= 0.3 is 6.43 Å². The van der Waals surface area contributed by atoms with Gasteiger partial charge in [-0.1, -0.05) is 23.2 Å². The number of carbonyl (C=O) groups excluding carboxylic acids is 1. The van der Waals surface area contributed by atoms with E-state index in [1.807, 2.05) is 0 Å². The quantitative estimate of drug-likeness (QED) is 0.704. The maximum Gasteiger partial charge on any atom is 0.315 e. The zero-order chi connectivity index (χ0) is 8.15. The second kappa shape index (κ2) is 4.46. The van der Waals surface area contributed by atoms with Gasteiger partial charge in [-0.15, -0.1) is 0 Å². The van der Waals surface area contributed by atoms with Crippen LogP contribution in [0.3, 0.4) is 0 Å². The number of nitrogens with one attached hydrogen (secondary N) is 1. The van der Waals surface area contributed by atoms with Gasteiger partial charge in [-0.05, 0) is 0 Å². The van der Waals surface area contributed by atoms with E-state index < -0.39 is 12.3 Å². The van der Waals surface area contributed by atoms with Crippen LogP contribution in [0.4, 0.5) is 8.78 Å². The molecule has 0 aliphatic carbocycles. The van der Waals surface area contributed by atoms with E-state index in [4.69, 9.17) is 23.2 Å². The normalized spacial score (nSPS) is 9.30. The van der Waals surface area contributed by atoms with E-state index in [9.17, 15) is 13.6 Å². The Balaban J connectivity index is 3.71. The molecule has 0 saturated carbocycles. The molecule has 0 bridgehead atoms. The summed E-state index contributed by atoms with van der Waals surface area (Å²) in [4.78, 5) is 10.0. The van der Waals surface area contributed by atoms with Crippen molar-refractivity contribution in [1.29, 1.82) is 0 Å². The summed E-state index contributed by atoms with van der Waals surface area (Å²) in [6, 6.07) is 0. The number of alkyl halides is 2. The number of hydrogen-bond acceptors (Lipinski definition) is 1. The van der Waals surface area contributed by atoms with E-state index in [1.165, 1.54) is 0 Å². The van der Waals surface area contributed by atoms with E-state index in [1.54, 1.807) is 5.32 Å². The van der Waals surface area contributed by atoms with Crippen molar-refractivity contribution in [1.82, 2.24) is 5.32 Å². The zero-order valence-corrected chi connectivity index (χ0v) is 6.09. The van der Waals surface area contributed by atoms with E-state index in [-0.39, 0.29) is 4.49 Å². The van der Waals surface area contributed by atoms with Crippen LogP contribution in [0.1, 0.15) is 0 Å². The van der Waals surface area contributed by atoms with Crippen molar-refractivity contribution in [3.8, 4) is 0 Å². The van der Waals surface area contributed by atoms with Crippen molar-refractivity contribution in [2.75, 3.05) is 0 Å². The minimum atomic E-state index is -3.05. The molecule has 0 aromatic heterocycles. The second-order valence-electron chi connectivity index (χ2n) is 1.24. The van der Waals surface area contributed by atoms with Crippen molar-refractivity contribution < 1.29 is 13.6 Å². The lowest BCUT2D eigenvalue weighted by molar-refractivity contribution is -0.130. The SMILES string of the molecule is O=C(NC=C(Cl)Cl)C(F)F. The van der Waals surface area contributed by atoms with Gasteiger partial charge in [0.25, 0.3) is 5.91 Å². The first-order valence-corrected chi connectivity index (χ1v) is 2.89. The van der Waals surface area contributed by atoms with Crippen LogP contribution < -0.4 is 5.32 Å². The topological polar surface area (TPSA) is 29.1 Å². The summed E-state index contributed by atoms with van der Waals surface area (Å²) in [6.45, 7) is 0. The van der Waals surface area contributed by atoms with E-state index in [0.717, 1.165) is 6.20 Å². The van der Waals surface area contributed by atoms with Crippen LogP contribution in [0.5, 0.6) is 0 Å². The molecule has 0 aliphatic heterocycles. The van der Waals surface area contributed by atoms with Crippen molar-refractivity contribution in [2.24, 2.45) is 0 Å². The monoisotopic (exact) mass is 189 g/mol. The molecule has 0 heterocycles. The molecule has 0 aromatic carbocycles. The molecule has 2 nitrogen and oxygen atoms in total. The first-order valence-electron chi connectivity index (χ1n) is 2.13. The maximum absolute atomic E-state index is 11.4. The molecule has 1 N–H and O–H groups in total. The Hall–Kier alpha value is -0.350. The molecule has 0 atom stereocenters. The minimum Gasteiger partial charge on any atom is -0.325 e. The number of carbonyl (C=O) groups is 1. The standard InChI is InChI=1S/C4H3Cl2F2NO/c5-2(6)1-9-4(10)3(7)8/h1,3H,(H,9,10). The van der Waals surface area contributed by atoms with E-state index in [2.05, 4.69) is 0 Å². The highest BCUT2D eigenvalue weighted by atomic mass is 35.5. The molecule has 0 aliphatic rings. The number of rotatable bonds is 2. The molecular formula is C4H3Cl2F2NO. The van der Waals surface area contributed by atoms with Gasteiger partial charge in [0.15, 0.2) is 0 Å². The Morgan fingerprint density at radius 1 is 1.50 bits per heavy atom. The Morgan fingerprint density at radius 2 is 2.00 bits per heavy atom. The van der Waals surface area contributed by atoms with Gasteiger partial charge in [-0.3, -0.25) is 4.79 Å². The van der Waals surface area contributed by atoms with Crippen LogP contribution in [-0.4, -0.2) is 12.3 Å². The highest BCUT2D eigenvalue weighted by molar-refractivity contribution is 6.55. The molecule has 10 heavy (non-hydrogen) atoms. The lowest BCUT2D eigenvalue weighted by atomic mass is 10.6. The zero-order valence-electron chi connectivity index (χ0n) is 4.57. The van der Waals surface area contributed by atoms with Crippen molar-refractivity contribution in [3.63, 3.8) is 0 Å². The first kappa shape index (κ1) is 9.65. The third-order valence-electron chi connectivity index (χ3n) is 0.522. The minimum absolute atomic E-state index is 0.283. The van der Waals surface area contributed by atoms with Crippen molar-refractivity contribution in [2.45, 2.75) is 6.43 Å². The maximum atomic E-state index is 11.4. The summed E-state index contributed by atoms with van der Waals surface area (Å²) < 4.78 is 22.4. The number of halogens is 4. The van der Waals surface area contributed by atoms with Crippen LogP contribution in [0.15, 0.2) is 10.7 Å². The van der Waals surface area contributed by atoms with Gasteiger partial charge in [0.1, 0.15) is 4.49 Å². The lowest BCUT2D eigenvalue weighted by Gasteiger charge is -1.95. The Morgan fingerprint density at radius 3 is 2.30 bits per heavy atom. The van der Waals surface area contributed by atoms with E-state index in [0.29, 0.717) is 0 Å². The smallest absolute Gasteiger partial charge is 0.315 e. The fourth-order valence-electron chi connectivity index (χ4n) is 0.189. The summed E-state index contributed by atoms with van der Waals surface area (Å²) in [5, 5.41) is 1.67. The summed E-state index contributed by atoms with van der Waals surface area (Å²) >= 11 is 9.99. The van der Waals surface area contributed by atoms with Crippen LogP contribution in [-0.2, 0) is 4.79 Å². The van der Waals surface area contributed by atoms with Crippen LogP contribution in [0.2, 0.25) is 0 Å². The average molecular weight is 190 g/mol. The third kappa shape index (κ3) is 4.52. The van der Waals surface area contributed by atoms with Crippen LogP contribution >= 0.6 is 23.2 Å². The molecule has 0 unspecified atom stereocenters. The van der Waals surface area contributed by atoms with Crippen LogP contribution in [0, 0.1) is 0 Å². The molecule has 0 spiro atoms. The van der Waals surface area contributed by atoms with Crippen LogP contribution in [0.25, 0.3) is 0 Å². The van der Waals surface area contributed by atoms with E-state index >= 15 is 0 Å². The average Bonchev–Trinajstić information content (AvgIpc) is 1.82. The van der Waals surface area contributed by atoms with Gasteiger partial charge in [0, 0.05) is 6.20 Å². The fourth-order valence-corrected chi connectivity index (χ4v) is 0.298. The van der Waals surface area contributed by atoms with Gasteiger partial charge in [-0.2, -0.15) is 8.78 Å². The Bertz CT molecular complexity index is 155. The highest BCUT2D eigenvalue weighted by Gasteiger charge is 2.12. The molecule has 0 saturated heterocycles. The largest absolute Gasteiger partial charge is 0.325 e. The lowest BCUT2D eigenvalue weighted by Crippen LogP contribution is -2.24. The summed E-state index contributed by atoms with van der Waals surface area (Å²) in [6.07, 6.45) is -2.28. The number of amides is 1.